The standard InChI is InChI=1S/C29H36N2O7/c1-7-14-37-27(35)30(5)25-20(16-32)18-12-13-29(24(25)19(18)15-23(33)38-28(2,3)4)21-10-8-9-11-22(21)31(17-36-6)26(29)34/h7-13,15,18,20,24-25,32H,1,14,16-17H2,2-6H3/b19-15-/t18-,20-,24+,25+,29+/m0/s1. The van der Waals surface area contributed by atoms with Crippen LogP contribution >= 0.6 is 0 Å². The Hall–Kier alpha value is -3.43. The molecule has 4 rings (SSSR count). The summed E-state index contributed by atoms with van der Waals surface area (Å²) in [7, 11) is 3.11. The number of allylic oxidation sites excluding steroid dienone is 1. The number of hydrogen-bond donors (Lipinski definition) is 1. The van der Waals surface area contributed by atoms with Gasteiger partial charge in [0.15, 0.2) is 0 Å². The predicted molar refractivity (Wildman–Crippen MR) is 141 cm³/mol. The van der Waals surface area contributed by atoms with Crippen LogP contribution in [0.2, 0.25) is 0 Å². The fourth-order valence-electron chi connectivity index (χ4n) is 6.22. The highest BCUT2D eigenvalue weighted by atomic mass is 16.6. The molecule has 9 heteroatoms. The van der Waals surface area contributed by atoms with Crippen molar-refractivity contribution >= 4 is 23.7 Å². The largest absolute Gasteiger partial charge is 0.457 e. The summed E-state index contributed by atoms with van der Waals surface area (Å²) < 4.78 is 16.3. The maximum atomic E-state index is 14.3. The number of amides is 2. The van der Waals surface area contributed by atoms with Gasteiger partial charge < -0.3 is 24.2 Å². The van der Waals surface area contributed by atoms with E-state index in [0.29, 0.717) is 11.3 Å². The summed E-state index contributed by atoms with van der Waals surface area (Å²) in [5, 5.41) is 10.6. The second-order valence-electron chi connectivity index (χ2n) is 10.9. The number of methoxy groups -OCH3 is 1. The second kappa shape index (κ2) is 10.4. The fourth-order valence-corrected chi connectivity index (χ4v) is 6.22. The van der Waals surface area contributed by atoms with Gasteiger partial charge in [-0.25, -0.2) is 9.59 Å². The van der Waals surface area contributed by atoms with Crippen LogP contribution in [-0.4, -0.2) is 73.7 Å². The third-order valence-electron chi connectivity index (χ3n) is 7.50. The van der Waals surface area contributed by atoms with Crippen LogP contribution in [0.1, 0.15) is 26.3 Å². The van der Waals surface area contributed by atoms with Crippen LogP contribution in [0.3, 0.4) is 0 Å². The Morgan fingerprint density at radius 3 is 2.61 bits per heavy atom. The van der Waals surface area contributed by atoms with E-state index in [1.807, 2.05) is 36.4 Å². The zero-order chi connectivity index (χ0) is 27.8. The van der Waals surface area contributed by atoms with Gasteiger partial charge in [-0.15, -0.1) is 0 Å². The predicted octanol–water partition coefficient (Wildman–Crippen LogP) is 3.19. The van der Waals surface area contributed by atoms with Gasteiger partial charge in [0.05, 0.1) is 5.69 Å². The Morgan fingerprint density at radius 1 is 1.26 bits per heavy atom. The lowest BCUT2D eigenvalue weighted by Gasteiger charge is -2.41. The summed E-state index contributed by atoms with van der Waals surface area (Å²) in [4.78, 5) is 43.5. The van der Waals surface area contributed by atoms with Crippen LogP contribution in [0, 0.1) is 17.8 Å². The van der Waals surface area contributed by atoms with Crippen molar-refractivity contribution in [3.8, 4) is 0 Å². The number of nitrogens with zero attached hydrogens (tertiary/aromatic N) is 2. The Kier molecular flexibility index (Phi) is 7.54. The first-order valence-electron chi connectivity index (χ1n) is 12.7. The SMILES string of the molecule is C=CCOC(=O)N(C)[C@@H]1[C@@H](CO)[C@H]2C=C[C@]3(C(=O)N(COC)c4ccccc43)[C@@H]1/C2=C\C(=O)OC(C)(C)C. The number of fused-ring (bicyclic) bond motifs is 5. The van der Waals surface area contributed by atoms with Crippen LogP contribution in [0.4, 0.5) is 10.5 Å². The first-order chi connectivity index (χ1) is 18.0. The molecule has 5 atom stereocenters. The van der Waals surface area contributed by atoms with Crippen molar-refractivity contribution < 1.29 is 33.7 Å². The summed E-state index contributed by atoms with van der Waals surface area (Å²) in [6, 6.07) is 6.79. The van der Waals surface area contributed by atoms with Gasteiger partial charge in [0.2, 0.25) is 5.91 Å². The molecule has 3 aliphatic rings. The van der Waals surface area contributed by atoms with E-state index in [-0.39, 0.29) is 31.8 Å². The van der Waals surface area contributed by atoms with Gasteiger partial charge in [0.25, 0.3) is 0 Å². The third kappa shape index (κ3) is 4.43. The molecule has 0 unspecified atom stereocenters. The van der Waals surface area contributed by atoms with Crippen LogP contribution in [0.25, 0.3) is 0 Å². The van der Waals surface area contributed by atoms with E-state index in [1.165, 1.54) is 24.2 Å². The Bertz CT molecular complexity index is 1180. The van der Waals surface area contributed by atoms with Gasteiger partial charge in [-0.1, -0.05) is 43.0 Å². The first kappa shape index (κ1) is 27.6. The zero-order valence-electron chi connectivity index (χ0n) is 22.5. The molecule has 9 nitrogen and oxygen atoms in total. The molecule has 2 bridgehead atoms. The molecule has 0 saturated heterocycles. The van der Waals surface area contributed by atoms with E-state index in [4.69, 9.17) is 14.2 Å². The van der Waals surface area contributed by atoms with Crippen molar-refractivity contribution in [2.24, 2.45) is 17.8 Å². The van der Waals surface area contributed by atoms with Crippen molar-refractivity contribution in [3.63, 3.8) is 0 Å². The number of carbonyl (C=O) groups excluding carboxylic acids is 3. The average molecular weight is 525 g/mol. The molecule has 0 radical (unpaired) electrons. The van der Waals surface area contributed by atoms with Crippen molar-refractivity contribution in [2.75, 3.05) is 39.0 Å². The summed E-state index contributed by atoms with van der Waals surface area (Å²) in [5.41, 5.74) is 0.120. The molecule has 1 heterocycles. The number of aliphatic hydroxyl groups excluding tert-OH is 1. The lowest BCUT2D eigenvalue weighted by molar-refractivity contribution is -0.148. The van der Waals surface area contributed by atoms with Gasteiger partial charge in [-0.3, -0.25) is 9.69 Å². The van der Waals surface area contributed by atoms with Crippen molar-refractivity contribution in [1.29, 1.82) is 0 Å². The minimum atomic E-state index is -1.24. The van der Waals surface area contributed by atoms with E-state index in [2.05, 4.69) is 6.58 Å². The number of benzene rings is 1. The van der Waals surface area contributed by atoms with E-state index in [9.17, 15) is 19.5 Å². The molecule has 0 aromatic heterocycles. The van der Waals surface area contributed by atoms with Crippen LogP contribution in [0.15, 0.2) is 60.7 Å². The molecule has 1 spiro atoms. The average Bonchev–Trinajstić information content (AvgIpc) is 3.21. The maximum absolute atomic E-state index is 14.3. The lowest BCUT2D eigenvalue weighted by atomic mass is 9.64. The number of para-hydroxylation sites is 1. The number of anilines is 1. The number of ether oxygens (including phenoxy) is 3. The van der Waals surface area contributed by atoms with Crippen molar-refractivity contribution in [2.45, 2.75) is 37.8 Å². The first-order valence-corrected chi connectivity index (χ1v) is 12.7. The van der Waals surface area contributed by atoms with E-state index >= 15 is 0 Å². The quantitative estimate of drug-likeness (QED) is 0.332. The molecule has 2 amide bonds. The zero-order valence-corrected chi connectivity index (χ0v) is 22.5. The smallest absolute Gasteiger partial charge is 0.410 e. The molecule has 1 saturated carbocycles. The summed E-state index contributed by atoms with van der Waals surface area (Å²) >= 11 is 0. The summed E-state index contributed by atoms with van der Waals surface area (Å²) in [6.07, 6.45) is 6.05. The summed E-state index contributed by atoms with van der Waals surface area (Å²) in [6.45, 7) is 8.72. The van der Waals surface area contributed by atoms with Gasteiger partial charge in [0.1, 0.15) is 24.4 Å². The van der Waals surface area contributed by atoms with Crippen molar-refractivity contribution in [3.05, 3.63) is 66.3 Å². The maximum Gasteiger partial charge on any atom is 0.410 e. The lowest BCUT2D eigenvalue weighted by Crippen LogP contribution is -2.54. The van der Waals surface area contributed by atoms with E-state index in [0.717, 1.165) is 5.56 Å². The highest BCUT2D eigenvalue weighted by Gasteiger charge is 2.65. The molecule has 1 aromatic carbocycles. The molecule has 204 valence electrons. The topological polar surface area (TPSA) is 106 Å². The number of esters is 1. The van der Waals surface area contributed by atoms with Gasteiger partial charge >= 0.3 is 12.1 Å². The minimum Gasteiger partial charge on any atom is -0.457 e. The minimum absolute atomic E-state index is 0.0150. The summed E-state index contributed by atoms with van der Waals surface area (Å²) in [5.74, 6) is -2.32. The molecule has 2 aliphatic carbocycles. The number of aliphatic hydroxyl groups is 1. The van der Waals surface area contributed by atoms with Gasteiger partial charge in [0, 0.05) is 50.6 Å². The molecule has 1 N–H and O–H groups in total. The monoisotopic (exact) mass is 524 g/mol. The fraction of sp³-hybridized carbons (Fsp3) is 0.483. The van der Waals surface area contributed by atoms with Crippen LogP contribution in [-0.2, 0) is 29.2 Å². The molecular weight excluding hydrogens is 488 g/mol. The van der Waals surface area contributed by atoms with E-state index < -0.39 is 41.0 Å². The van der Waals surface area contributed by atoms with E-state index in [1.54, 1.807) is 32.7 Å². The van der Waals surface area contributed by atoms with Gasteiger partial charge in [-0.2, -0.15) is 0 Å². The van der Waals surface area contributed by atoms with Crippen LogP contribution < -0.4 is 4.90 Å². The number of hydrogen-bond acceptors (Lipinski definition) is 7. The van der Waals surface area contributed by atoms with Gasteiger partial charge in [-0.05, 0) is 38.0 Å². The normalized spacial score (nSPS) is 28.5. The second-order valence-corrected chi connectivity index (χ2v) is 10.9. The molecule has 38 heavy (non-hydrogen) atoms. The molecule has 1 fully saturated rings. The molecule has 1 aliphatic heterocycles. The Morgan fingerprint density at radius 2 is 1.97 bits per heavy atom. The third-order valence-corrected chi connectivity index (χ3v) is 7.50. The molecular formula is C29H36N2O7. The van der Waals surface area contributed by atoms with Crippen LogP contribution in [0.5, 0.6) is 0 Å². The van der Waals surface area contributed by atoms with Crippen molar-refractivity contribution in [1.82, 2.24) is 4.90 Å². The molecule has 1 aromatic rings. The number of rotatable bonds is 7. The Balaban J connectivity index is 1.93. The number of carbonyl (C=O) groups is 3. The Labute approximate surface area is 223 Å². The highest BCUT2D eigenvalue weighted by Crippen LogP contribution is 2.60. The highest BCUT2D eigenvalue weighted by molar-refractivity contribution is 6.10.